The second kappa shape index (κ2) is 5.04. The normalized spacial score (nSPS) is 15.6. The molecule has 1 aromatic rings. The van der Waals surface area contributed by atoms with Gasteiger partial charge in [-0.1, -0.05) is 13.3 Å². The molecule has 3 N–H and O–H groups in total. The van der Waals surface area contributed by atoms with Crippen molar-refractivity contribution in [3.8, 4) is 0 Å². The quantitative estimate of drug-likeness (QED) is 0.726. The average molecular weight is 182 g/mol. The Bertz CT molecular complexity index is 221. The Kier molecular flexibility index (Phi) is 3.99. The van der Waals surface area contributed by atoms with Crippen LogP contribution < -0.4 is 11.1 Å². The largest absolute Gasteiger partial charge is 0.468 e. The molecule has 0 saturated carbocycles. The minimum absolute atomic E-state index is 0.00690. The van der Waals surface area contributed by atoms with Gasteiger partial charge >= 0.3 is 0 Å². The van der Waals surface area contributed by atoms with Gasteiger partial charge < -0.3 is 15.5 Å². The summed E-state index contributed by atoms with van der Waals surface area (Å²) in [6, 6.07) is 3.82. The van der Waals surface area contributed by atoms with E-state index in [1.165, 1.54) is 0 Å². The van der Waals surface area contributed by atoms with Gasteiger partial charge in [0.2, 0.25) is 0 Å². The molecule has 1 aromatic heterocycles. The maximum Gasteiger partial charge on any atom is 0.120 e. The van der Waals surface area contributed by atoms with Crippen LogP contribution in [0.2, 0.25) is 0 Å². The van der Waals surface area contributed by atoms with Crippen molar-refractivity contribution in [2.75, 3.05) is 13.6 Å². The standard InChI is InChI=1S/C10H18N2O/c1-3-8(7-12-2)10(11)9-5-4-6-13-9/h4-6,8,10,12H,3,7,11H2,1-2H3. The molecule has 0 spiro atoms. The zero-order valence-electron chi connectivity index (χ0n) is 8.29. The third kappa shape index (κ3) is 2.57. The summed E-state index contributed by atoms with van der Waals surface area (Å²) < 4.78 is 5.27. The first kappa shape index (κ1) is 10.3. The van der Waals surface area contributed by atoms with E-state index in [1.807, 2.05) is 19.2 Å². The first-order valence-corrected chi connectivity index (χ1v) is 4.73. The smallest absolute Gasteiger partial charge is 0.120 e. The van der Waals surface area contributed by atoms with Crippen LogP contribution in [0, 0.1) is 5.92 Å². The van der Waals surface area contributed by atoms with E-state index in [-0.39, 0.29) is 6.04 Å². The van der Waals surface area contributed by atoms with Crippen LogP contribution in [-0.4, -0.2) is 13.6 Å². The summed E-state index contributed by atoms with van der Waals surface area (Å²) >= 11 is 0. The number of furan rings is 1. The van der Waals surface area contributed by atoms with Gasteiger partial charge in [-0.3, -0.25) is 0 Å². The monoisotopic (exact) mass is 182 g/mol. The van der Waals surface area contributed by atoms with Crippen molar-refractivity contribution in [2.24, 2.45) is 11.7 Å². The first-order valence-electron chi connectivity index (χ1n) is 4.73. The Labute approximate surface area is 79.3 Å². The van der Waals surface area contributed by atoms with Gasteiger partial charge in [0.1, 0.15) is 5.76 Å². The fraction of sp³-hybridized carbons (Fsp3) is 0.600. The molecule has 13 heavy (non-hydrogen) atoms. The highest BCUT2D eigenvalue weighted by Gasteiger charge is 2.18. The Morgan fingerprint density at radius 2 is 2.38 bits per heavy atom. The number of hydrogen-bond donors (Lipinski definition) is 2. The minimum Gasteiger partial charge on any atom is -0.468 e. The molecule has 2 atom stereocenters. The van der Waals surface area contributed by atoms with Gasteiger partial charge in [-0.2, -0.15) is 0 Å². The molecule has 0 aromatic carbocycles. The van der Waals surface area contributed by atoms with Crippen LogP contribution in [0.15, 0.2) is 22.8 Å². The molecule has 0 amide bonds. The van der Waals surface area contributed by atoms with Gasteiger partial charge in [0.15, 0.2) is 0 Å². The summed E-state index contributed by atoms with van der Waals surface area (Å²) in [5, 5.41) is 3.14. The Morgan fingerprint density at radius 3 is 2.85 bits per heavy atom. The summed E-state index contributed by atoms with van der Waals surface area (Å²) in [5.74, 6) is 1.32. The number of nitrogens with two attached hydrogens (primary N) is 1. The van der Waals surface area contributed by atoms with Crippen molar-refractivity contribution in [3.05, 3.63) is 24.2 Å². The second-order valence-corrected chi connectivity index (χ2v) is 3.27. The topological polar surface area (TPSA) is 51.2 Å². The molecule has 1 rings (SSSR count). The SMILES string of the molecule is CCC(CNC)C(N)c1ccco1. The Morgan fingerprint density at radius 1 is 1.62 bits per heavy atom. The fourth-order valence-corrected chi connectivity index (χ4v) is 1.50. The minimum atomic E-state index is 0.00690. The summed E-state index contributed by atoms with van der Waals surface area (Å²) in [7, 11) is 1.94. The number of hydrogen-bond acceptors (Lipinski definition) is 3. The van der Waals surface area contributed by atoms with Gasteiger partial charge in [0.25, 0.3) is 0 Å². The van der Waals surface area contributed by atoms with Crippen LogP contribution in [0.3, 0.4) is 0 Å². The third-order valence-corrected chi connectivity index (χ3v) is 2.37. The average Bonchev–Trinajstić information content (AvgIpc) is 2.65. The maximum atomic E-state index is 6.05. The summed E-state index contributed by atoms with van der Waals surface area (Å²) in [4.78, 5) is 0. The van der Waals surface area contributed by atoms with E-state index in [0.29, 0.717) is 5.92 Å². The predicted molar refractivity (Wildman–Crippen MR) is 53.3 cm³/mol. The molecule has 0 saturated heterocycles. The highest BCUT2D eigenvalue weighted by atomic mass is 16.3. The molecule has 0 fully saturated rings. The van der Waals surface area contributed by atoms with Crippen molar-refractivity contribution < 1.29 is 4.42 Å². The molecule has 0 aliphatic heterocycles. The van der Waals surface area contributed by atoms with Gasteiger partial charge in [-0.25, -0.2) is 0 Å². The highest BCUT2D eigenvalue weighted by Crippen LogP contribution is 2.21. The fourth-order valence-electron chi connectivity index (χ4n) is 1.50. The molecule has 1 heterocycles. The molecule has 3 nitrogen and oxygen atoms in total. The van der Waals surface area contributed by atoms with Crippen LogP contribution in [0.1, 0.15) is 25.1 Å². The third-order valence-electron chi connectivity index (χ3n) is 2.37. The predicted octanol–water partition coefficient (Wildman–Crippen LogP) is 1.52. The van der Waals surface area contributed by atoms with E-state index in [1.54, 1.807) is 6.26 Å². The van der Waals surface area contributed by atoms with Crippen molar-refractivity contribution in [1.82, 2.24) is 5.32 Å². The lowest BCUT2D eigenvalue weighted by atomic mass is 9.96. The lowest BCUT2D eigenvalue weighted by molar-refractivity contribution is 0.347. The highest BCUT2D eigenvalue weighted by molar-refractivity contribution is 5.05. The van der Waals surface area contributed by atoms with Gasteiger partial charge in [0.05, 0.1) is 12.3 Å². The Balaban J connectivity index is 2.58. The number of rotatable bonds is 5. The first-order chi connectivity index (χ1) is 6.29. The molecule has 0 bridgehead atoms. The molecule has 0 radical (unpaired) electrons. The van der Waals surface area contributed by atoms with E-state index < -0.39 is 0 Å². The number of nitrogens with one attached hydrogen (secondary N) is 1. The van der Waals surface area contributed by atoms with E-state index in [9.17, 15) is 0 Å². The van der Waals surface area contributed by atoms with Crippen molar-refractivity contribution in [3.63, 3.8) is 0 Å². The van der Waals surface area contributed by atoms with Crippen LogP contribution in [0.4, 0.5) is 0 Å². The summed E-state index contributed by atoms with van der Waals surface area (Å²) in [6.07, 6.45) is 2.73. The van der Waals surface area contributed by atoms with Crippen LogP contribution in [0.5, 0.6) is 0 Å². The maximum absolute atomic E-state index is 6.05. The van der Waals surface area contributed by atoms with Gasteiger partial charge in [-0.15, -0.1) is 0 Å². The van der Waals surface area contributed by atoms with E-state index in [4.69, 9.17) is 10.2 Å². The van der Waals surface area contributed by atoms with Crippen LogP contribution >= 0.6 is 0 Å². The zero-order chi connectivity index (χ0) is 9.68. The molecular weight excluding hydrogens is 164 g/mol. The van der Waals surface area contributed by atoms with Crippen LogP contribution in [0.25, 0.3) is 0 Å². The van der Waals surface area contributed by atoms with Gasteiger partial charge in [0, 0.05) is 0 Å². The summed E-state index contributed by atoms with van der Waals surface area (Å²) in [6.45, 7) is 3.07. The van der Waals surface area contributed by atoms with E-state index in [2.05, 4.69) is 12.2 Å². The molecule has 0 aliphatic rings. The van der Waals surface area contributed by atoms with Crippen molar-refractivity contribution in [2.45, 2.75) is 19.4 Å². The molecule has 2 unspecified atom stereocenters. The molecular formula is C10H18N2O. The lowest BCUT2D eigenvalue weighted by Crippen LogP contribution is -2.28. The Hall–Kier alpha value is -0.800. The van der Waals surface area contributed by atoms with Crippen molar-refractivity contribution in [1.29, 1.82) is 0 Å². The van der Waals surface area contributed by atoms with E-state index >= 15 is 0 Å². The molecule has 74 valence electrons. The van der Waals surface area contributed by atoms with Gasteiger partial charge in [-0.05, 0) is 31.6 Å². The summed E-state index contributed by atoms with van der Waals surface area (Å²) in [5.41, 5.74) is 6.05. The molecule has 3 heteroatoms. The second-order valence-electron chi connectivity index (χ2n) is 3.27. The zero-order valence-corrected chi connectivity index (χ0v) is 8.29. The molecule has 0 aliphatic carbocycles. The lowest BCUT2D eigenvalue weighted by Gasteiger charge is -2.20. The van der Waals surface area contributed by atoms with Crippen LogP contribution in [-0.2, 0) is 0 Å². The van der Waals surface area contributed by atoms with E-state index in [0.717, 1.165) is 18.7 Å². The van der Waals surface area contributed by atoms with Crippen molar-refractivity contribution >= 4 is 0 Å².